The number of esters is 1. The summed E-state index contributed by atoms with van der Waals surface area (Å²) < 4.78 is 53.9. The summed E-state index contributed by atoms with van der Waals surface area (Å²) in [5, 5.41) is 0.870. The van der Waals surface area contributed by atoms with Crippen LogP contribution in [0.2, 0.25) is 0 Å². The van der Waals surface area contributed by atoms with Gasteiger partial charge in [-0.15, -0.1) is 0 Å². The molecule has 0 N–H and O–H groups in total. The van der Waals surface area contributed by atoms with Crippen molar-refractivity contribution in [2.75, 3.05) is 0 Å². The molecule has 0 saturated heterocycles. The number of aromatic nitrogens is 2. The summed E-state index contributed by atoms with van der Waals surface area (Å²) in [5.74, 6) is 0.00645. The summed E-state index contributed by atoms with van der Waals surface area (Å²) in [6, 6.07) is 30.4. The van der Waals surface area contributed by atoms with Crippen molar-refractivity contribution in [3.05, 3.63) is 181 Å². The highest BCUT2D eigenvalue weighted by Gasteiger charge is 2.36. The molecule has 0 bridgehead atoms. The molecule has 0 spiro atoms. The van der Waals surface area contributed by atoms with Crippen LogP contribution in [0.5, 0.6) is 5.75 Å². The van der Waals surface area contributed by atoms with Crippen LogP contribution in [0.25, 0.3) is 45.4 Å². The number of hydrogen-bond donors (Lipinski definition) is 0. The Kier molecular flexibility index (Phi) is 8.59. The number of benzene rings is 4. The predicted molar refractivity (Wildman–Crippen MR) is 227 cm³/mol. The van der Waals surface area contributed by atoms with E-state index >= 15 is 0 Å². The number of fused-ring (bicyclic) bond motifs is 5. The van der Waals surface area contributed by atoms with Crippen LogP contribution in [0.4, 0.5) is 13.2 Å². The lowest BCUT2D eigenvalue weighted by Gasteiger charge is -2.21. The number of halogens is 3. The highest BCUT2D eigenvalue weighted by molar-refractivity contribution is 5.99. The van der Waals surface area contributed by atoms with Crippen LogP contribution in [0.1, 0.15) is 81.8 Å². The fraction of sp³-hybridized carbons (Fsp3) is 0.196. The van der Waals surface area contributed by atoms with Crippen molar-refractivity contribution in [3.63, 3.8) is 0 Å². The minimum atomic E-state index is -4.55. The molecule has 2 aliphatic carbocycles. The molecular weight excluding hydrogens is 730 g/mol. The van der Waals surface area contributed by atoms with E-state index in [1.54, 1.807) is 12.1 Å². The largest absolute Gasteiger partial charge is 0.423 e. The number of carbonyl (C=O) groups excluding carboxylic acids is 1. The Bertz CT molecular complexity index is 3080. The first-order valence-electron chi connectivity index (χ1n) is 19.6. The first-order valence-corrected chi connectivity index (χ1v) is 19.6. The van der Waals surface area contributed by atoms with E-state index in [1.807, 2.05) is 60.8 Å². The molecule has 7 heteroatoms. The number of allylic oxidation sites excluding steroid dienone is 4. The second-order valence-electron chi connectivity index (χ2n) is 15.9. The number of rotatable bonds is 4. The summed E-state index contributed by atoms with van der Waals surface area (Å²) in [6.45, 7) is 18.4. The molecule has 0 saturated carbocycles. The fourth-order valence-electron chi connectivity index (χ4n) is 10.2. The van der Waals surface area contributed by atoms with Crippen LogP contribution in [0.15, 0.2) is 120 Å². The molecule has 58 heavy (non-hydrogen) atoms. The van der Waals surface area contributed by atoms with Crippen LogP contribution in [0, 0.1) is 33.6 Å². The zero-order valence-electron chi connectivity index (χ0n) is 33.6. The Balaban J connectivity index is 1.26. The van der Waals surface area contributed by atoms with Crippen molar-refractivity contribution < 1.29 is 22.7 Å². The lowest BCUT2D eigenvalue weighted by atomic mass is 9.85. The second kappa shape index (κ2) is 13.4. The summed E-state index contributed by atoms with van der Waals surface area (Å²) in [5.41, 5.74) is 14.1. The molecule has 3 aromatic heterocycles. The topological polar surface area (TPSA) is 35.1 Å². The summed E-state index contributed by atoms with van der Waals surface area (Å²) in [7, 11) is 0. The lowest BCUT2D eigenvalue weighted by Crippen LogP contribution is -2.31. The monoisotopic (exact) mass is 772 g/mol. The Morgan fingerprint density at radius 2 is 1.34 bits per heavy atom. The first kappa shape index (κ1) is 37.2. The second-order valence-corrected chi connectivity index (χ2v) is 15.9. The molecule has 0 aliphatic heterocycles. The van der Waals surface area contributed by atoms with Crippen molar-refractivity contribution in [3.8, 4) is 28.0 Å². The third kappa shape index (κ3) is 5.47. The molecule has 4 nitrogen and oxygen atoms in total. The van der Waals surface area contributed by atoms with Gasteiger partial charge in [-0.2, -0.15) is 13.2 Å². The fourth-order valence-corrected chi connectivity index (χ4v) is 10.2. The number of carbonyl (C=O) groups is 1. The average Bonchev–Trinajstić information content (AvgIpc) is 3.75. The molecule has 0 radical (unpaired) electrons. The van der Waals surface area contributed by atoms with Gasteiger partial charge in [-0.05, 0) is 115 Å². The quantitative estimate of drug-likeness (QED) is 0.132. The number of hydrogen-bond acceptors (Lipinski definition) is 2. The van der Waals surface area contributed by atoms with Gasteiger partial charge in [0, 0.05) is 34.0 Å². The van der Waals surface area contributed by atoms with Crippen molar-refractivity contribution in [1.29, 1.82) is 0 Å². The van der Waals surface area contributed by atoms with E-state index in [2.05, 4.69) is 88.0 Å². The minimum Gasteiger partial charge on any atom is -0.423 e. The highest BCUT2D eigenvalue weighted by Crippen LogP contribution is 2.49. The Hall–Kier alpha value is -6.34. The van der Waals surface area contributed by atoms with Crippen molar-refractivity contribution >= 4 is 29.2 Å². The van der Waals surface area contributed by atoms with E-state index in [1.165, 1.54) is 17.2 Å². The van der Waals surface area contributed by atoms with Gasteiger partial charge in [-0.3, -0.25) is 8.80 Å². The van der Waals surface area contributed by atoms with Crippen molar-refractivity contribution in [1.82, 2.24) is 8.80 Å². The van der Waals surface area contributed by atoms with Gasteiger partial charge in [-0.25, -0.2) is 4.79 Å². The SMILES string of the molecule is C=c1n2c(C)c(C(=O)Oc3ccc4c(c3)-c3ccccc3C4c3ccccc3)c(C)c2c(=C2C(C)=CC(C)=CC2C)c2c(C)c(-c3ccccc3C(F)(F)F)c(C)n12. The molecule has 2 unspecified atom stereocenters. The summed E-state index contributed by atoms with van der Waals surface area (Å²) in [6.07, 6.45) is -0.206. The summed E-state index contributed by atoms with van der Waals surface area (Å²) >= 11 is 0. The lowest BCUT2D eigenvalue weighted by molar-refractivity contribution is -0.137. The smallest absolute Gasteiger partial charge is 0.417 e. The third-order valence-electron chi connectivity index (χ3n) is 12.3. The summed E-state index contributed by atoms with van der Waals surface area (Å²) in [4.78, 5) is 14.6. The molecule has 4 aromatic carbocycles. The zero-order valence-corrected chi connectivity index (χ0v) is 33.6. The average molecular weight is 773 g/mol. The third-order valence-corrected chi connectivity index (χ3v) is 12.3. The first-order chi connectivity index (χ1) is 27.7. The number of ether oxygens (including phenoxy) is 1. The molecule has 2 atom stereocenters. The minimum absolute atomic E-state index is 0.0206. The van der Waals surface area contributed by atoms with Crippen molar-refractivity contribution in [2.24, 2.45) is 5.92 Å². The van der Waals surface area contributed by atoms with Crippen LogP contribution < -0.4 is 15.4 Å². The number of alkyl halides is 3. The van der Waals surface area contributed by atoms with Gasteiger partial charge in [0.1, 0.15) is 11.2 Å². The van der Waals surface area contributed by atoms with Gasteiger partial charge in [0.05, 0.1) is 22.2 Å². The van der Waals surface area contributed by atoms with Gasteiger partial charge in [0.15, 0.2) is 0 Å². The van der Waals surface area contributed by atoms with Crippen LogP contribution in [-0.2, 0) is 6.18 Å². The standard InChI is InChI=1S/C51H43F3N2O2/c1-27-24-28(2)43(29(3)25-27)47-48-30(4)44(40-20-14-15-21-42(40)51(52,53)54)32(6)55(48)34(8)56-33(7)45(31(5)49(47)56)50(57)58-36-22-23-39-41(26-36)37-18-12-13-19-38(37)46(39)35-16-10-9-11-17-35/h9-26,28,46H,8H2,1-7H3. The van der Waals surface area contributed by atoms with Gasteiger partial charge in [-0.1, -0.05) is 110 Å². The maximum atomic E-state index is 14.6. The Morgan fingerprint density at radius 3 is 2.05 bits per heavy atom. The molecule has 2 aliphatic rings. The highest BCUT2D eigenvalue weighted by atomic mass is 19.4. The maximum Gasteiger partial charge on any atom is 0.417 e. The Morgan fingerprint density at radius 1 is 0.724 bits per heavy atom. The van der Waals surface area contributed by atoms with Crippen molar-refractivity contribution in [2.45, 2.75) is 60.6 Å². The maximum absolute atomic E-state index is 14.6. The molecule has 9 rings (SSSR count). The number of nitrogens with zero attached hydrogens (tertiary/aromatic N) is 2. The molecule has 290 valence electrons. The predicted octanol–water partition coefficient (Wildman–Crippen LogP) is 11.6. The molecular formula is C51H43F3N2O2. The van der Waals surface area contributed by atoms with E-state index in [0.717, 1.165) is 61.3 Å². The normalized spacial score (nSPS) is 17.3. The van der Waals surface area contributed by atoms with Gasteiger partial charge < -0.3 is 4.74 Å². The van der Waals surface area contributed by atoms with E-state index < -0.39 is 17.7 Å². The molecule has 0 fully saturated rings. The van der Waals surface area contributed by atoms with E-state index in [-0.39, 0.29) is 17.4 Å². The van der Waals surface area contributed by atoms with Gasteiger partial charge in [0.25, 0.3) is 0 Å². The van der Waals surface area contributed by atoms with Gasteiger partial charge >= 0.3 is 12.1 Å². The Labute approximate surface area is 335 Å². The van der Waals surface area contributed by atoms with E-state index in [4.69, 9.17) is 4.74 Å². The van der Waals surface area contributed by atoms with Crippen LogP contribution in [-0.4, -0.2) is 14.8 Å². The van der Waals surface area contributed by atoms with E-state index in [9.17, 15) is 18.0 Å². The van der Waals surface area contributed by atoms with E-state index in [0.29, 0.717) is 39.3 Å². The van der Waals surface area contributed by atoms with Crippen LogP contribution in [0.3, 0.4) is 0 Å². The molecule has 3 heterocycles. The zero-order chi connectivity index (χ0) is 40.9. The van der Waals surface area contributed by atoms with Gasteiger partial charge in [0.2, 0.25) is 0 Å². The molecule has 0 amide bonds. The van der Waals surface area contributed by atoms with Crippen LogP contribution >= 0.6 is 0 Å². The number of aryl methyl sites for hydroxylation is 4. The molecule has 7 aromatic rings.